The Hall–Kier alpha value is -1.99. The molecule has 1 heterocycles. The summed E-state index contributed by atoms with van der Waals surface area (Å²) in [5.41, 5.74) is 0.672. The van der Waals surface area contributed by atoms with Crippen LogP contribution in [0, 0.1) is 0 Å². The lowest BCUT2D eigenvalue weighted by Crippen LogP contribution is -2.41. The molecule has 1 aliphatic rings. The van der Waals surface area contributed by atoms with Crippen LogP contribution < -0.4 is 20.1 Å². The van der Waals surface area contributed by atoms with Crippen molar-refractivity contribution >= 4 is 5.96 Å². The van der Waals surface area contributed by atoms with Crippen LogP contribution in [-0.4, -0.2) is 69.0 Å². The summed E-state index contributed by atoms with van der Waals surface area (Å²) >= 11 is 0. The maximum absolute atomic E-state index is 10.6. The molecular formula is C22H38N4O3. The molecule has 2 atom stereocenters. The number of likely N-dealkylation sites (tertiary alicyclic amines) is 1. The minimum absolute atomic E-state index is 0.238. The fraction of sp³-hybridized carbons (Fsp3) is 0.682. The van der Waals surface area contributed by atoms with Crippen molar-refractivity contribution in [1.82, 2.24) is 15.5 Å². The lowest BCUT2D eigenvalue weighted by atomic mass is 10.0. The Morgan fingerprint density at radius 3 is 2.79 bits per heavy atom. The minimum atomic E-state index is -0.773. The van der Waals surface area contributed by atoms with Gasteiger partial charge in [0.25, 0.3) is 0 Å². The third-order valence-electron chi connectivity index (χ3n) is 5.42. The van der Waals surface area contributed by atoms with Crippen LogP contribution >= 0.6 is 0 Å². The van der Waals surface area contributed by atoms with Crippen LogP contribution in [0.15, 0.2) is 23.2 Å². The van der Waals surface area contributed by atoms with E-state index < -0.39 is 6.10 Å². The van der Waals surface area contributed by atoms with Gasteiger partial charge in [0.05, 0.1) is 20.8 Å². The zero-order valence-electron chi connectivity index (χ0n) is 18.4. The molecule has 1 fully saturated rings. The molecule has 3 N–H and O–H groups in total. The fourth-order valence-corrected chi connectivity index (χ4v) is 3.70. The maximum Gasteiger partial charge on any atom is 0.191 e. The Balaban J connectivity index is 1.87. The lowest BCUT2D eigenvalue weighted by Gasteiger charge is -2.33. The van der Waals surface area contributed by atoms with Crippen molar-refractivity contribution in [1.29, 1.82) is 0 Å². The van der Waals surface area contributed by atoms with Crippen molar-refractivity contribution < 1.29 is 14.6 Å². The summed E-state index contributed by atoms with van der Waals surface area (Å²) in [6, 6.07) is 6.09. The fourth-order valence-electron chi connectivity index (χ4n) is 3.70. The number of aliphatic hydroxyl groups is 1. The zero-order chi connectivity index (χ0) is 21.1. The monoisotopic (exact) mass is 406 g/mol. The first kappa shape index (κ1) is 23.3. The normalized spacial score (nSPS) is 18.9. The zero-order valence-corrected chi connectivity index (χ0v) is 18.4. The first-order chi connectivity index (χ1) is 14.1. The van der Waals surface area contributed by atoms with E-state index in [2.05, 4.69) is 27.4 Å². The van der Waals surface area contributed by atoms with Crippen molar-refractivity contribution in [2.24, 2.45) is 4.99 Å². The maximum atomic E-state index is 10.6. The van der Waals surface area contributed by atoms with Crippen molar-refractivity contribution in [2.75, 3.05) is 46.9 Å². The molecule has 164 valence electrons. The van der Waals surface area contributed by atoms with Crippen LogP contribution in [0.2, 0.25) is 0 Å². The van der Waals surface area contributed by atoms with Gasteiger partial charge in [0.15, 0.2) is 5.96 Å². The molecule has 0 amide bonds. The average molecular weight is 407 g/mol. The molecule has 1 aromatic rings. The SMILES string of the molecule is CCNC(=NCC(O)c1cc(OC)ccc1OC)NCCCN1CCCCC1C. The highest BCUT2D eigenvalue weighted by Crippen LogP contribution is 2.29. The van der Waals surface area contributed by atoms with Crippen molar-refractivity contribution in [2.45, 2.75) is 51.7 Å². The van der Waals surface area contributed by atoms with Gasteiger partial charge in [-0.05, 0) is 57.9 Å². The quantitative estimate of drug-likeness (QED) is 0.315. The largest absolute Gasteiger partial charge is 0.497 e. The van der Waals surface area contributed by atoms with E-state index in [1.54, 1.807) is 26.4 Å². The Kier molecular flexibility index (Phi) is 10.1. The molecular weight excluding hydrogens is 368 g/mol. The summed E-state index contributed by atoms with van der Waals surface area (Å²) in [4.78, 5) is 7.13. The second-order valence-electron chi connectivity index (χ2n) is 7.50. The van der Waals surface area contributed by atoms with Crippen LogP contribution in [0.5, 0.6) is 11.5 Å². The van der Waals surface area contributed by atoms with Gasteiger partial charge in [0, 0.05) is 31.2 Å². The van der Waals surface area contributed by atoms with Gasteiger partial charge in [0.2, 0.25) is 0 Å². The number of nitrogens with one attached hydrogen (secondary N) is 2. The first-order valence-corrected chi connectivity index (χ1v) is 10.7. The Morgan fingerprint density at radius 2 is 2.10 bits per heavy atom. The van der Waals surface area contributed by atoms with E-state index in [0.29, 0.717) is 23.1 Å². The average Bonchev–Trinajstić information content (AvgIpc) is 2.75. The first-order valence-electron chi connectivity index (χ1n) is 10.7. The molecule has 0 radical (unpaired) electrons. The van der Waals surface area contributed by atoms with E-state index in [1.807, 2.05) is 13.0 Å². The molecule has 7 nitrogen and oxygen atoms in total. The Morgan fingerprint density at radius 1 is 1.28 bits per heavy atom. The molecule has 2 unspecified atom stereocenters. The summed E-state index contributed by atoms with van der Waals surface area (Å²) in [5, 5.41) is 17.3. The van der Waals surface area contributed by atoms with E-state index in [0.717, 1.165) is 32.0 Å². The number of hydrogen-bond donors (Lipinski definition) is 3. The number of guanidine groups is 1. The molecule has 0 aliphatic carbocycles. The molecule has 7 heteroatoms. The number of ether oxygens (including phenoxy) is 2. The standard InChI is InChI=1S/C22H38N4O3/c1-5-23-22(24-12-8-14-26-13-7-6-9-17(26)2)25-16-20(27)19-15-18(28-3)10-11-21(19)29-4/h10-11,15,17,20,27H,5-9,12-14,16H2,1-4H3,(H2,23,24,25). The second kappa shape index (κ2) is 12.5. The molecule has 0 aromatic heterocycles. The number of aliphatic imine (C=N–C) groups is 1. The number of rotatable bonds is 10. The van der Waals surface area contributed by atoms with Crippen molar-refractivity contribution in [3.8, 4) is 11.5 Å². The van der Waals surface area contributed by atoms with Gasteiger partial charge in [-0.3, -0.25) is 4.99 Å². The van der Waals surface area contributed by atoms with Crippen LogP contribution in [0.25, 0.3) is 0 Å². The predicted octanol–water partition coefficient (Wildman–Crippen LogP) is 2.56. The number of piperidine rings is 1. The van der Waals surface area contributed by atoms with E-state index in [-0.39, 0.29) is 6.54 Å². The van der Waals surface area contributed by atoms with Crippen molar-refractivity contribution in [3.63, 3.8) is 0 Å². The molecule has 29 heavy (non-hydrogen) atoms. The number of methoxy groups -OCH3 is 2. The van der Waals surface area contributed by atoms with Gasteiger partial charge in [-0.1, -0.05) is 6.42 Å². The summed E-state index contributed by atoms with van der Waals surface area (Å²) in [7, 11) is 3.20. The van der Waals surface area contributed by atoms with Gasteiger partial charge < -0.3 is 30.1 Å². The highest BCUT2D eigenvalue weighted by molar-refractivity contribution is 5.79. The van der Waals surface area contributed by atoms with Crippen LogP contribution in [-0.2, 0) is 0 Å². The van der Waals surface area contributed by atoms with Gasteiger partial charge >= 0.3 is 0 Å². The van der Waals surface area contributed by atoms with Crippen LogP contribution in [0.4, 0.5) is 0 Å². The van der Waals surface area contributed by atoms with Crippen LogP contribution in [0.1, 0.15) is 51.2 Å². The van der Waals surface area contributed by atoms with Gasteiger partial charge in [0.1, 0.15) is 17.6 Å². The third kappa shape index (κ3) is 7.40. The molecule has 0 spiro atoms. The van der Waals surface area contributed by atoms with E-state index in [9.17, 15) is 5.11 Å². The number of nitrogens with zero attached hydrogens (tertiary/aromatic N) is 2. The van der Waals surface area contributed by atoms with E-state index >= 15 is 0 Å². The summed E-state index contributed by atoms with van der Waals surface area (Å²) in [5.74, 6) is 2.03. The number of hydrogen-bond acceptors (Lipinski definition) is 5. The summed E-state index contributed by atoms with van der Waals surface area (Å²) in [6.45, 7) is 8.55. The minimum Gasteiger partial charge on any atom is -0.497 e. The van der Waals surface area contributed by atoms with Crippen molar-refractivity contribution in [3.05, 3.63) is 23.8 Å². The molecule has 1 aromatic carbocycles. The Bertz CT molecular complexity index is 638. The van der Waals surface area contributed by atoms with E-state index in [4.69, 9.17) is 9.47 Å². The van der Waals surface area contributed by atoms with E-state index in [1.165, 1.54) is 25.8 Å². The molecule has 1 aliphatic heterocycles. The topological polar surface area (TPSA) is 78.4 Å². The highest BCUT2D eigenvalue weighted by atomic mass is 16.5. The summed E-state index contributed by atoms with van der Waals surface area (Å²) < 4.78 is 10.6. The molecule has 0 bridgehead atoms. The summed E-state index contributed by atoms with van der Waals surface area (Å²) in [6.07, 6.45) is 4.27. The molecule has 0 saturated carbocycles. The molecule has 2 rings (SSSR count). The van der Waals surface area contributed by atoms with Gasteiger partial charge in [-0.15, -0.1) is 0 Å². The third-order valence-corrected chi connectivity index (χ3v) is 5.42. The number of benzene rings is 1. The van der Waals surface area contributed by atoms with Gasteiger partial charge in [-0.25, -0.2) is 0 Å². The number of aliphatic hydroxyl groups excluding tert-OH is 1. The molecule has 1 saturated heterocycles. The lowest BCUT2D eigenvalue weighted by molar-refractivity contribution is 0.159. The predicted molar refractivity (Wildman–Crippen MR) is 118 cm³/mol. The van der Waals surface area contributed by atoms with Crippen LogP contribution in [0.3, 0.4) is 0 Å². The highest BCUT2D eigenvalue weighted by Gasteiger charge is 2.17. The van der Waals surface area contributed by atoms with Gasteiger partial charge in [-0.2, -0.15) is 0 Å². The second-order valence-corrected chi connectivity index (χ2v) is 7.50. The Labute approximate surface area is 175 Å². The smallest absolute Gasteiger partial charge is 0.191 e.